The Morgan fingerprint density at radius 1 is 1.24 bits per heavy atom. The topological polar surface area (TPSA) is 93.1 Å². The van der Waals surface area contributed by atoms with Crippen molar-refractivity contribution in [3.05, 3.63) is 23.8 Å². The van der Waals surface area contributed by atoms with Crippen LogP contribution in [0.3, 0.4) is 0 Å². The number of ketones is 2. The molecule has 0 bridgehead atoms. The van der Waals surface area contributed by atoms with Crippen molar-refractivity contribution in [3.8, 4) is 0 Å². The Bertz CT molecular complexity index is 954. The van der Waals surface area contributed by atoms with Crippen molar-refractivity contribution in [1.82, 2.24) is 0 Å². The molecule has 3 saturated carbocycles. The molecule has 0 aromatic rings. The lowest BCUT2D eigenvalue weighted by Crippen LogP contribution is -2.70. The highest BCUT2D eigenvalue weighted by atomic mass is 19.1. The third-order valence-corrected chi connectivity index (χ3v) is 10.1. The van der Waals surface area contributed by atoms with Gasteiger partial charge in [-0.1, -0.05) is 32.4 Å². The molecule has 0 amide bonds. The predicted molar refractivity (Wildman–Crippen MR) is 118 cm³/mol. The summed E-state index contributed by atoms with van der Waals surface area (Å²) in [6, 6.07) is 0. The Balaban J connectivity index is 1.63. The lowest BCUT2D eigenvalue weighted by molar-refractivity contribution is -0.256. The first kappa shape index (κ1) is 23.3. The van der Waals surface area contributed by atoms with Gasteiger partial charge in [0.1, 0.15) is 6.61 Å². The van der Waals surface area contributed by atoms with Crippen LogP contribution in [0.15, 0.2) is 23.8 Å². The zero-order valence-corrected chi connectivity index (χ0v) is 19.9. The maximum atomic E-state index is 17.3. The molecule has 1 aliphatic heterocycles. The first-order valence-corrected chi connectivity index (χ1v) is 12.3. The van der Waals surface area contributed by atoms with Gasteiger partial charge >= 0.3 is 0 Å². The van der Waals surface area contributed by atoms with Crippen LogP contribution in [0, 0.1) is 22.7 Å². The van der Waals surface area contributed by atoms with Crippen LogP contribution < -0.4 is 0 Å². The number of hydrogen-bond donors (Lipinski definition) is 2. The maximum absolute atomic E-state index is 17.3. The van der Waals surface area contributed by atoms with E-state index in [1.54, 1.807) is 13.0 Å². The third kappa shape index (κ3) is 2.52. The summed E-state index contributed by atoms with van der Waals surface area (Å²) in [4.78, 5) is 25.4. The van der Waals surface area contributed by atoms with Crippen molar-refractivity contribution in [2.24, 2.45) is 22.7 Å². The highest BCUT2D eigenvalue weighted by molar-refractivity contribution is 6.01. The number of aliphatic hydroxyl groups excluding tert-OH is 2. The maximum Gasteiger partial charge on any atom is 0.193 e. The highest BCUT2D eigenvalue weighted by Crippen LogP contribution is 2.72. The summed E-state index contributed by atoms with van der Waals surface area (Å²) >= 11 is 0. The van der Waals surface area contributed by atoms with Gasteiger partial charge in [0.05, 0.1) is 12.2 Å². The largest absolute Gasteiger partial charge is 0.390 e. The van der Waals surface area contributed by atoms with Crippen molar-refractivity contribution in [2.45, 2.75) is 95.5 Å². The standard InChI is InChI=1S/C26H35FO6/c1-5-24(6-2)32-21-12-18-17-8-7-15-11-16(29)9-10-22(15,3)25(17,27)19(30)13-23(18,4)26(21,33-24)20(31)14-28/h9-11,17-19,21,28,30H,5-8,12-14H2,1-4H3/t17-,18-,19-,21+,22?,23?,25-,26?/m0/s1. The number of halogens is 1. The molecule has 1 heterocycles. The van der Waals surface area contributed by atoms with Crippen molar-refractivity contribution < 1.29 is 33.7 Å². The summed E-state index contributed by atoms with van der Waals surface area (Å²) in [7, 11) is 0. The molecule has 4 fully saturated rings. The van der Waals surface area contributed by atoms with Gasteiger partial charge in [-0.3, -0.25) is 9.59 Å². The molecule has 0 aromatic carbocycles. The van der Waals surface area contributed by atoms with Crippen LogP contribution in [0.2, 0.25) is 0 Å². The molecule has 4 aliphatic carbocycles. The van der Waals surface area contributed by atoms with Gasteiger partial charge in [-0.15, -0.1) is 0 Å². The predicted octanol–water partition coefficient (Wildman–Crippen LogP) is 3.20. The van der Waals surface area contributed by atoms with Gasteiger partial charge in [-0.25, -0.2) is 4.39 Å². The van der Waals surface area contributed by atoms with E-state index in [1.807, 2.05) is 20.8 Å². The van der Waals surface area contributed by atoms with Gasteiger partial charge in [0.15, 0.2) is 28.6 Å². The van der Waals surface area contributed by atoms with Gasteiger partial charge < -0.3 is 19.7 Å². The molecule has 8 atom stereocenters. The second kappa shape index (κ2) is 7.06. The number of carbonyl (C=O) groups is 2. The fourth-order valence-electron chi connectivity index (χ4n) is 8.31. The van der Waals surface area contributed by atoms with Crippen LogP contribution in [0.25, 0.3) is 0 Å². The van der Waals surface area contributed by atoms with E-state index in [1.165, 1.54) is 12.2 Å². The molecule has 5 aliphatic rings. The van der Waals surface area contributed by atoms with Gasteiger partial charge in [0, 0.05) is 16.7 Å². The van der Waals surface area contributed by atoms with Crippen molar-refractivity contribution in [1.29, 1.82) is 0 Å². The molecule has 2 N–H and O–H groups in total. The third-order valence-electron chi connectivity index (χ3n) is 10.1. The second-order valence-corrected chi connectivity index (χ2v) is 11.1. The van der Waals surface area contributed by atoms with Gasteiger partial charge in [-0.2, -0.15) is 0 Å². The highest BCUT2D eigenvalue weighted by Gasteiger charge is 2.80. The molecule has 6 nitrogen and oxygen atoms in total. The van der Waals surface area contributed by atoms with E-state index < -0.39 is 58.4 Å². The summed E-state index contributed by atoms with van der Waals surface area (Å²) in [6.45, 7) is 6.87. The minimum Gasteiger partial charge on any atom is -0.390 e. The van der Waals surface area contributed by atoms with E-state index in [4.69, 9.17) is 9.47 Å². The summed E-state index contributed by atoms with van der Waals surface area (Å²) < 4.78 is 30.2. The molecular weight excluding hydrogens is 427 g/mol. The van der Waals surface area contributed by atoms with Crippen LogP contribution >= 0.6 is 0 Å². The van der Waals surface area contributed by atoms with E-state index in [-0.39, 0.29) is 18.1 Å². The van der Waals surface area contributed by atoms with Crippen LogP contribution in [-0.2, 0) is 19.1 Å². The fraction of sp³-hybridized carbons (Fsp3) is 0.769. The van der Waals surface area contributed by atoms with E-state index in [2.05, 4.69) is 0 Å². The minimum atomic E-state index is -1.98. The van der Waals surface area contributed by atoms with Crippen LogP contribution in [0.1, 0.15) is 66.2 Å². The number of ether oxygens (including phenoxy) is 2. The number of rotatable bonds is 4. The van der Waals surface area contributed by atoms with Gasteiger partial charge in [0.25, 0.3) is 0 Å². The zero-order chi connectivity index (χ0) is 24.0. The number of alkyl halides is 1. The molecule has 182 valence electrons. The molecule has 33 heavy (non-hydrogen) atoms. The monoisotopic (exact) mass is 462 g/mol. The average molecular weight is 463 g/mol. The van der Waals surface area contributed by atoms with Crippen molar-refractivity contribution in [3.63, 3.8) is 0 Å². The zero-order valence-electron chi connectivity index (χ0n) is 19.9. The molecule has 5 rings (SSSR count). The number of aliphatic hydroxyl groups is 2. The molecular formula is C26H35FO6. The number of fused-ring (bicyclic) bond motifs is 7. The number of allylic oxidation sites excluding steroid dienone is 4. The van der Waals surface area contributed by atoms with Crippen LogP contribution in [-0.4, -0.2) is 57.7 Å². The average Bonchev–Trinajstić information content (AvgIpc) is 3.25. The first-order valence-electron chi connectivity index (χ1n) is 12.3. The van der Waals surface area contributed by atoms with Crippen LogP contribution in [0.4, 0.5) is 4.39 Å². The Hall–Kier alpha value is -1.41. The number of Topliss-reactive ketones (excluding diaryl/α,β-unsaturated/α-hetero) is 1. The second-order valence-electron chi connectivity index (χ2n) is 11.1. The van der Waals surface area contributed by atoms with Gasteiger partial charge in [-0.05, 0) is 63.5 Å². The van der Waals surface area contributed by atoms with Gasteiger partial charge in [0.2, 0.25) is 0 Å². The molecule has 7 heteroatoms. The van der Waals surface area contributed by atoms with E-state index in [0.29, 0.717) is 32.1 Å². The Morgan fingerprint density at radius 2 is 1.94 bits per heavy atom. The molecule has 0 spiro atoms. The fourth-order valence-corrected chi connectivity index (χ4v) is 8.31. The minimum absolute atomic E-state index is 0.0183. The summed E-state index contributed by atoms with van der Waals surface area (Å²) in [5.41, 5.74) is -4.66. The summed E-state index contributed by atoms with van der Waals surface area (Å²) in [6.07, 6.45) is 5.15. The number of carbonyl (C=O) groups excluding carboxylic acids is 2. The number of hydrogen-bond acceptors (Lipinski definition) is 6. The Labute approximate surface area is 194 Å². The van der Waals surface area contributed by atoms with E-state index >= 15 is 4.39 Å². The molecule has 3 unspecified atom stereocenters. The first-order chi connectivity index (χ1) is 15.5. The lowest BCUT2D eigenvalue weighted by Gasteiger charge is -2.62. The SMILES string of the molecule is CCC1(CC)O[C@@H]2C[C@H]3[C@@H]4CCC5=CC(=O)C=CC5(C)[C@@]4(F)[C@@H](O)CC3(C)C2(C(=O)CO)O1. The molecule has 1 saturated heterocycles. The van der Waals surface area contributed by atoms with E-state index in [9.17, 15) is 19.8 Å². The van der Waals surface area contributed by atoms with Crippen LogP contribution in [0.5, 0.6) is 0 Å². The summed E-state index contributed by atoms with van der Waals surface area (Å²) in [5.74, 6) is -2.35. The van der Waals surface area contributed by atoms with Crippen molar-refractivity contribution >= 4 is 11.6 Å². The Kier molecular flexibility index (Phi) is 4.99. The smallest absolute Gasteiger partial charge is 0.193 e. The van der Waals surface area contributed by atoms with Crippen molar-refractivity contribution in [2.75, 3.05) is 6.61 Å². The quantitative estimate of drug-likeness (QED) is 0.667. The van der Waals surface area contributed by atoms with E-state index in [0.717, 1.165) is 5.57 Å². The molecule has 0 aromatic heterocycles. The lowest BCUT2D eigenvalue weighted by atomic mass is 9.44. The normalized spacial score (nSPS) is 49.7. The molecule has 0 radical (unpaired) electrons. The summed E-state index contributed by atoms with van der Waals surface area (Å²) in [5, 5.41) is 21.4. The Morgan fingerprint density at radius 3 is 2.58 bits per heavy atom.